The SMILES string of the molecule is COCCOc1ncc(Nc2nc(N[C@H](CC(C)C)[C@H](C)NC(=O)OC(C)(C)C)c(F)cc2C(N)=O)cc1-n1nccn1. The first-order valence-corrected chi connectivity index (χ1v) is 13.8. The molecule has 0 aromatic carbocycles. The number of aromatic nitrogens is 5. The zero-order valence-corrected chi connectivity index (χ0v) is 25.5. The lowest BCUT2D eigenvalue weighted by Gasteiger charge is -2.29. The van der Waals surface area contributed by atoms with Gasteiger partial charge in [-0.1, -0.05) is 13.8 Å². The summed E-state index contributed by atoms with van der Waals surface area (Å²) in [6, 6.07) is 1.73. The van der Waals surface area contributed by atoms with Gasteiger partial charge in [0.05, 0.1) is 36.4 Å². The Balaban J connectivity index is 1.93. The van der Waals surface area contributed by atoms with Gasteiger partial charge in [-0.3, -0.25) is 4.79 Å². The van der Waals surface area contributed by atoms with Crippen LogP contribution in [0.5, 0.6) is 5.88 Å². The first-order valence-electron chi connectivity index (χ1n) is 13.8. The molecule has 5 N–H and O–H groups in total. The summed E-state index contributed by atoms with van der Waals surface area (Å²) in [6.45, 7) is 11.7. The number of anilines is 3. The lowest BCUT2D eigenvalue weighted by atomic mass is 9.98. The van der Waals surface area contributed by atoms with Crippen molar-refractivity contribution in [3.8, 4) is 11.6 Å². The van der Waals surface area contributed by atoms with E-state index in [-0.39, 0.29) is 35.6 Å². The molecule has 234 valence electrons. The van der Waals surface area contributed by atoms with Crippen LogP contribution in [0.3, 0.4) is 0 Å². The Morgan fingerprint density at radius 1 is 1.09 bits per heavy atom. The first-order chi connectivity index (χ1) is 20.3. The summed E-state index contributed by atoms with van der Waals surface area (Å²) in [5, 5.41) is 17.2. The highest BCUT2D eigenvalue weighted by Crippen LogP contribution is 2.28. The van der Waals surface area contributed by atoms with E-state index >= 15 is 4.39 Å². The summed E-state index contributed by atoms with van der Waals surface area (Å²) in [6.07, 6.45) is 4.41. The van der Waals surface area contributed by atoms with Crippen LogP contribution in [0.15, 0.2) is 30.7 Å². The van der Waals surface area contributed by atoms with E-state index in [1.165, 1.54) is 23.4 Å². The van der Waals surface area contributed by atoms with Gasteiger partial charge < -0.3 is 35.9 Å². The number of halogens is 1. The van der Waals surface area contributed by atoms with Crippen molar-refractivity contribution < 1.29 is 28.2 Å². The van der Waals surface area contributed by atoms with Gasteiger partial charge in [0.25, 0.3) is 5.91 Å². The number of ether oxygens (including phenoxy) is 3. The summed E-state index contributed by atoms with van der Waals surface area (Å²) in [5.41, 5.74) is 5.48. The number of alkyl carbamates (subject to hydrolysis) is 1. The molecule has 3 heterocycles. The quantitative estimate of drug-likeness (QED) is 0.197. The van der Waals surface area contributed by atoms with Crippen molar-refractivity contribution in [1.29, 1.82) is 0 Å². The number of nitrogens with one attached hydrogen (secondary N) is 3. The van der Waals surface area contributed by atoms with Crippen LogP contribution in [0.2, 0.25) is 0 Å². The molecule has 3 aromatic rings. The van der Waals surface area contributed by atoms with Crippen molar-refractivity contribution in [1.82, 2.24) is 30.3 Å². The maximum absolute atomic E-state index is 15.3. The van der Waals surface area contributed by atoms with Gasteiger partial charge in [-0.15, -0.1) is 4.80 Å². The molecule has 2 amide bonds. The Morgan fingerprint density at radius 3 is 2.40 bits per heavy atom. The fraction of sp³-hybridized carbons (Fsp3) is 0.500. The van der Waals surface area contributed by atoms with Gasteiger partial charge in [0.15, 0.2) is 11.6 Å². The Kier molecular flexibility index (Phi) is 11.2. The second kappa shape index (κ2) is 14.6. The molecule has 3 aromatic heterocycles. The van der Waals surface area contributed by atoms with E-state index in [1.54, 1.807) is 40.9 Å². The number of nitrogens with two attached hydrogens (primary N) is 1. The van der Waals surface area contributed by atoms with Crippen LogP contribution in [-0.4, -0.2) is 75.0 Å². The molecule has 0 aliphatic heterocycles. The van der Waals surface area contributed by atoms with Crippen molar-refractivity contribution in [2.75, 3.05) is 31.0 Å². The molecular weight excluding hydrogens is 561 g/mol. The minimum Gasteiger partial charge on any atom is -0.474 e. The van der Waals surface area contributed by atoms with E-state index in [2.05, 4.69) is 36.1 Å². The number of carbonyl (C=O) groups is 2. The predicted molar refractivity (Wildman–Crippen MR) is 158 cm³/mol. The molecule has 0 aliphatic carbocycles. The highest BCUT2D eigenvalue weighted by Gasteiger charge is 2.26. The monoisotopic (exact) mass is 601 g/mol. The second-order valence-electron chi connectivity index (χ2n) is 11.2. The minimum absolute atomic E-state index is 0.0123. The zero-order valence-electron chi connectivity index (χ0n) is 25.5. The number of nitrogens with zero attached hydrogens (tertiary/aromatic N) is 5. The number of hydrogen-bond donors (Lipinski definition) is 4. The average Bonchev–Trinajstić information content (AvgIpc) is 3.44. The summed E-state index contributed by atoms with van der Waals surface area (Å²) in [7, 11) is 1.55. The van der Waals surface area contributed by atoms with Crippen molar-refractivity contribution in [3.63, 3.8) is 0 Å². The van der Waals surface area contributed by atoms with Gasteiger partial charge >= 0.3 is 6.09 Å². The summed E-state index contributed by atoms with van der Waals surface area (Å²) in [5.74, 6) is -1.40. The van der Waals surface area contributed by atoms with Crippen molar-refractivity contribution in [3.05, 3.63) is 42.1 Å². The Labute approximate surface area is 249 Å². The van der Waals surface area contributed by atoms with Crippen LogP contribution in [0.4, 0.5) is 26.5 Å². The lowest BCUT2D eigenvalue weighted by molar-refractivity contribution is 0.0501. The Morgan fingerprint density at radius 2 is 1.79 bits per heavy atom. The molecule has 15 heteroatoms. The third-order valence-corrected chi connectivity index (χ3v) is 5.89. The molecule has 0 radical (unpaired) electrons. The number of carbonyl (C=O) groups excluding carboxylic acids is 2. The van der Waals surface area contributed by atoms with E-state index in [0.717, 1.165) is 6.07 Å². The zero-order chi connectivity index (χ0) is 31.7. The highest BCUT2D eigenvalue weighted by molar-refractivity contribution is 5.98. The first kappa shape index (κ1) is 33.0. The van der Waals surface area contributed by atoms with E-state index in [9.17, 15) is 9.59 Å². The number of methoxy groups -OCH3 is 1. The Hall–Kier alpha value is -4.53. The molecule has 0 spiro atoms. The molecule has 0 saturated heterocycles. The van der Waals surface area contributed by atoms with Crippen molar-refractivity contribution in [2.45, 2.75) is 65.6 Å². The maximum Gasteiger partial charge on any atom is 0.407 e. The fourth-order valence-electron chi connectivity index (χ4n) is 4.00. The van der Waals surface area contributed by atoms with Crippen molar-refractivity contribution in [2.24, 2.45) is 11.7 Å². The number of amides is 2. The van der Waals surface area contributed by atoms with Gasteiger partial charge in [-0.25, -0.2) is 19.2 Å². The van der Waals surface area contributed by atoms with Crippen molar-refractivity contribution >= 4 is 29.3 Å². The van der Waals surface area contributed by atoms with Crippen LogP contribution >= 0.6 is 0 Å². The average molecular weight is 602 g/mol. The van der Waals surface area contributed by atoms with Crippen LogP contribution in [0, 0.1) is 11.7 Å². The molecular formula is C28H40FN9O5. The number of rotatable bonds is 14. The van der Waals surface area contributed by atoms with E-state index in [4.69, 9.17) is 19.9 Å². The summed E-state index contributed by atoms with van der Waals surface area (Å²) in [4.78, 5) is 34.7. The molecule has 0 bridgehead atoms. The van der Waals surface area contributed by atoms with Gasteiger partial charge in [-0.2, -0.15) is 10.2 Å². The minimum atomic E-state index is -0.888. The third kappa shape index (κ3) is 9.77. The number of hydrogen-bond acceptors (Lipinski definition) is 11. The number of primary amides is 1. The van der Waals surface area contributed by atoms with E-state index in [1.807, 2.05) is 13.8 Å². The molecule has 3 rings (SSSR count). The summed E-state index contributed by atoms with van der Waals surface area (Å²) < 4.78 is 31.4. The van der Waals surface area contributed by atoms with Gasteiger partial charge in [-0.05, 0) is 52.2 Å². The normalized spacial score (nSPS) is 12.9. The largest absolute Gasteiger partial charge is 0.474 e. The van der Waals surface area contributed by atoms with Gasteiger partial charge in [0.1, 0.15) is 23.7 Å². The van der Waals surface area contributed by atoms with Crippen LogP contribution in [0.25, 0.3) is 5.69 Å². The molecule has 43 heavy (non-hydrogen) atoms. The standard InChI is InChI=1S/C28H40FN9O5/c1-16(2)12-21(17(3)34-27(40)43-28(4,5)6)36-25-20(29)14-19(23(30)39)24(37-25)35-18-13-22(38-32-8-9-33-38)26(31-15-18)42-11-10-41-7/h8-9,13-17,21H,10-12H2,1-7H3,(H2,30,39)(H,34,40)(H2,35,36,37)/t17-,21+/m0/s1. The van der Waals surface area contributed by atoms with Crippen LogP contribution < -0.4 is 26.4 Å². The maximum atomic E-state index is 15.3. The second-order valence-corrected chi connectivity index (χ2v) is 11.2. The molecule has 2 atom stereocenters. The molecule has 0 aliphatic rings. The predicted octanol–water partition coefficient (Wildman–Crippen LogP) is 3.80. The molecule has 0 saturated carbocycles. The highest BCUT2D eigenvalue weighted by atomic mass is 19.1. The van der Waals surface area contributed by atoms with Crippen LogP contribution in [-0.2, 0) is 9.47 Å². The summed E-state index contributed by atoms with van der Waals surface area (Å²) >= 11 is 0. The fourth-order valence-corrected chi connectivity index (χ4v) is 4.00. The van der Waals surface area contributed by atoms with E-state index < -0.39 is 35.5 Å². The van der Waals surface area contributed by atoms with Gasteiger partial charge in [0, 0.05) is 19.2 Å². The molecule has 0 fully saturated rings. The van der Waals surface area contributed by atoms with E-state index in [0.29, 0.717) is 24.4 Å². The van der Waals surface area contributed by atoms with Crippen LogP contribution in [0.1, 0.15) is 58.3 Å². The number of pyridine rings is 2. The van der Waals surface area contributed by atoms with Gasteiger partial charge in [0.2, 0.25) is 5.88 Å². The Bertz CT molecular complexity index is 1380. The third-order valence-electron chi connectivity index (χ3n) is 5.89. The topological polar surface area (TPSA) is 180 Å². The molecule has 0 unspecified atom stereocenters. The lowest BCUT2D eigenvalue weighted by Crippen LogP contribution is -2.47. The smallest absolute Gasteiger partial charge is 0.407 e. The molecule has 14 nitrogen and oxygen atoms in total.